The number of nitro groups is 1. The van der Waals surface area contributed by atoms with Gasteiger partial charge in [-0.25, -0.2) is 5.43 Å². The number of carbonyl (C=O) groups is 1. The van der Waals surface area contributed by atoms with Crippen molar-refractivity contribution in [3.8, 4) is 0 Å². The van der Waals surface area contributed by atoms with E-state index in [-0.39, 0.29) is 18.1 Å². The Bertz CT molecular complexity index is 852. The van der Waals surface area contributed by atoms with E-state index in [4.69, 9.17) is 0 Å². The average molecular weight is 354 g/mol. The second kappa shape index (κ2) is 8.24. The van der Waals surface area contributed by atoms with Gasteiger partial charge in [0.15, 0.2) is 0 Å². The van der Waals surface area contributed by atoms with Crippen LogP contribution in [0.25, 0.3) is 0 Å². The van der Waals surface area contributed by atoms with Crippen molar-refractivity contribution >= 4 is 23.5 Å². The molecule has 0 aliphatic carbocycles. The molecule has 2 N–H and O–H groups in total. The summed E-state index contributed by atoms with van der Waals surface area (Å²) < 4.78 is 0. The second-order valence-electron chi connectivity index (χ2n) is 6.22. The zero-order valence-electron chi connectivity index (χ0n) is 15.3. The van der Waals surface area contributed by atoms with E-state index in [0.29, 0.717) is 11.1 Å². The molecular formula is C19H22N4O3. The van der Waals surface area contributed by atoms with Crippen molar-refractivity contribution in [2.24, 2.45) is 5.10 Å². The van der Waals surface area contributed by atoms with Crippen LogP contribution in [0.3, 0.4) is 0 Å². The van der Waals surface area contributed by atoms with Gasteiger partial charge in [-0.1, -0.05) is 29.8 Å². The summed E-state index contributed by atoms with van der Waals surface area (Å²) in [5.74, 6) is -0.303. The zero-order chi connectivity index (χ0) is 19.3. The maximum absolute atomic E-state index is 11.9. The Hall–Kier alpha value is -3.22. The summed E-state index contributed by atoms with van der Waals surface area (Å²) in [5, 5.41) is 17.9. The lowest BCUT2D eigenvalue weighted by atomic mass is 10.1. The van der Waals surface area contributed by atoms with Crippen LogP contribution in [0.4, 0.5) is 11.4 Å². The van der Waals surface area contributed by atoms with Gasteiger partial charge < -0.3 is 5.32 Å². The van der Waals surface area contributed by atoms with Crippen LogP contribution >= 0.6 is 0 Å². The van der Waals surface area contributed by atoms with Crippen molar-refractivity contribution in [1.29, 1.82) is 0 Å². The van der Waals surface area contributed by atoms with E-state index in [1.165, 1.54) is 17.8 Å². The van der Waals surface area contributed by atoms with E-state index >= 15 is 0 Å². The molecule has 2 rings (SSSR count). The molecular weight excluding hydrogens is 332 g/mol. The number of hydrazone groups is 1. The number of nitro benzene ring substituents is 1. The highest BCUT2D eigenvalue weighted by Crippen LogP contribution is 2.21. The number of benzene rings is 2. The van der Waals surface area contributed by atoms with Crippen LogP contribution < -0.4 is 10.7 Å². The van der Waals surface area contributed by atoms with E-state index in [0.717, 1.165) is 16.8 Å². The number of rotatable bonds is 6. The fourth-order valence-electron chi connectivity index (χ4n) is 2.75. The Labute approximate surface area is 152 Å². The third-order valence-corrected chi connectivity index (χ3v) is 3.94. The van der Waals surface area contributed by atoms with Gasteiger partial charge in [0, 0.05) is 22.9 Å². The number of nitrogens with one attached hydrogen (secondary N) is 2. The topological polar surface area (TPSA) is 96.6 Å². The standard InChI is InChI=1S/C19H22N4O3/c1-12-7-14(3)19(15(4)8-12)20-11-18(24)22-21-10-16-6-5-13(2)17(9-16)23(25)26/h5-10,20H,11H2,1-4H3,(H,22,24)/b21-10-. The number of carbonyl (C=O) groups excluding carboxylic acids is 1. The first-order valence-corrected chi connectivity index (χ1v) is 8.16. The Morgan fingerprint density at radius 3 is 2.38 bits per heavy atom. The molecule has 2 aromatic rings. The highest BCUT2D eigenvalue weighted by Gasteiger charge is 2.10. The fourth-order valence-corrected chi connectivity index (χ4v) is 2.75. The van der Waals surface area contributed by atoms with Gasteiger partial charge in [-0.05, 0) is 38.8 Å². The van der Waals surface area contributed by atoms with Crippen molar-refractivity contribution in [3.05, 3.63) is 68.3 Å². The number of hydrogen-bond acceptors (Lipinski definition) is 5. The van der Waals surface area contributed by atoms with Crippen molar-refractivity contribution in [3.63, 3.8) is 0 Å². The third-order valence-electron chi connectivity index (χ3n) is 3.94. The number of anilines is 1. The Morgan fingerprint density at radius 1 is 1.12 bits per heavy atom. The summed E-state index contributed by atoms with van der Waals surface area (Å²) in [6.07, 6.45) is 1.38. The lowest BCUT2D eigenvalue weighted by molar-refractivity contribution is -0.385. The molecule has 0 aliphatic heterocycles. The minimum absolute atomic E-state index is 0.0206. The largest absolute Gasteiger partial charge is 0.376 e. The van der Waals surface area contributed by atoms with Crippen molar-refractivity contribution in [2.45, 2.75) is 27.7 Å². The van der Waals surface area contributed by atoms with Gasteiger partial charge in [-0.3, -0.25) is 14.9 Å². The first-order valence-electron chi connectivity index (χ1n) is 8.16. The van der Waals surface area contributed by atoms with E-state index in [2.05, 4.69) is 28.0 Å². The van der Waals surface area contributed by atoms with Gasteiger partial charge in [-0.15, -0.1) is 0 Å². The normalized spacial score (nSPS) is 10.8. The average Bonchev–Trinajstić information content (AvgIpc) is 2.55. The molecule has 136 valence electrons. The molecule has 0 aliphatic rings. The van der Waals surface area contributed by atoms with Gasteiger partial charge in [0.1, 0.15) is 0 Å². The summed E-state index contributed by atoms with van der Waals surface area (Å²) in [6, 6.07) is 8.87. The van der Waals surface area contributed by atoms with Gasteiger partial charge in [0.25, 0.3) is 11.6 Å². The molecule has 0 heterocycles. The van der Waals surface area contributed by atoms with Crippen molar-refractivity contribution in [1.82, 2.24) is 5.43 Å². The first kappa shape index (κ1) is 19.1. The van der Waals surface area contributed by atoms with Crippen molar-refractivity contribution < 1.29 is 9.72 Å². The van der Waals surface area contributed by atoms with Crippen LogP contribution in [0, 0.1) is 37.8 Å². The predicted octanol–water partition coefficient (Wildman–Crippen LogP) is 3.39. The van der Waals surface area contributed by atoms with E-state index in [1.54, 1.807) is 19.1 Å². The fraction of sp³-hybridized carbons (Fsp3) is 0.263. The maximum Gasteiger partial charge on any atom is 0.272 e. The number of nitrogens with zero attached hydrogens (tertiary/aromatic N) is 2. The van der Waals surface area contributed by atoms with Crippen LogP contribution in [0.5, 0.6) is 0 Å². The predicted molar refractivity (Wildman–Crippen MR) is 103 cm³/mol. The highest BCUT2D eigenvalue weighted by atomic mass is 16.6. The maximum atomic E-state index is 11.9. The summed E-state index contributed by atoms with van der Waals surface area (Å²) in [5.41, 5.74) is 7.81. The highest BCUT2D eigenvalue weighted by molar-refractivity contribution is 5.85. The van der Waals surface area contributed by atoms with Crippen LogP contribution in [0.15, 0.2) is 35.4 Å². The molecule has 7 nitrogen and oxygen atoms in total. The molecule has 0 aromatic heterocycles. The molecule has 0 radical (unpaired) electrons. The molecule has 7 heteroatoms. The van der Waals surface area contributed by atoms with Crippen LogP contribution in [0.1, 0.15) is 27.8 Å². The smallest absolute Gasteiger partial charge is 0.272 e. The van der Waals surface area contributed by atoms with Gasteiger partial charge in [0.05, 0.1) is 17.7 Å². The van der Waals surface area contributed by atoms with Gasteiger partial charge in [-0.2, -0.15) is 5.10 Å². The first-order chi connectivity index (χ1) is 12.3. The van der Waals surface area contributed by atoms with Crippen LogP contribution in [-0.2, 0) is 4.79 Å². The molecule has 0 spiro atoms. The van der Waals surface area contributed by atoms with E-state index in [9.17, 15) is 14.9 Å². The molecule has 0 fully saturated rings. The zero-order valence-corrected chi connectivity index (χ0v) is 15.3. The van der Waals surface area contributed by atoms with Crippen LogP contribution in [-0.4, -0.2) is 23.6 Å². The molecule has 0 atom stereocenters. The van der Waals surface area contributed by atoms with Crippen LogP contribution in [0.2, 0.25) is 0 Å². The summed E-state index contributed by atoms with van der Waals surface area (Å²) >= 11 is 0. The monoisotopic (exact) mass is 354 g/mol. The molecule has 0 saturated heterocycles. The molecule has 2 aromatic carbocycles. The summed E-state index contributed by atoms with van der Waals surface area (Å²) in [4.78, 5) is 22.4. The van der Waals surface area contributed by atoms with E-state index < -0.39 is 4.92 Å². The third kappa shape index (κ3) is 4.89. The van der Waals surface area contributed by atoms with E-state index in [1.807, 2.05) is 20.8 Å². The molecule has 0 bridgehead atoms. The molecule has 0 unspecified atom stereocenters. The summed E-state index contributed by atoms with van der Waals surface area (Å²) in [7, 11) is 0. The molecule has 26 heavy (non-hydrogen) atoms. The molecule has 0 saturated carbocycles. The second-order valence-corrected chi connectivity index (χ2v) is 6.22. The van der Waals surface area contributed by atoms with Gasteiger partial charge in [0.2, 0.25) is 0 Å². The number of amides is 1. The Kier molecular flexibility index (Phi) is 6.06. The molecule has 1 amide bonds. The minimum atomic E-state index is -0.443. The Morgan fingerprint density at radius 2 is 1.77 bits per heavy atom. The van der Waals surface area contributed by atoms with Gasteiger partial charge >= 0.3 is 0 Å². The lowest BCUT2D eigenvalue weighted by Crippen LogP contribution is -2.26. The Balaban J connectivity index is 1.94. The quantitative estimate of drug-likeness (QED) is 0.472. The number of aryl methyl sites for hydroxylation is 4. The lowest BCUT2D eigenvalue weighted by Gasteiger charge is -2.13. The van der Waals surface area contributed by atoms with Crippen molar-refractivity contribution in [2.75, 3.05) is 11.9 Å². The SMILES string of the molecule is Cc1cc(C)c(NCC(=O)N/N=C\c2ccc(C)c([N+](=O)[O-])c2)c(C)c1. The minimum Gasteiger partial charge on any atom is -0.376 e. The summed E-state index contributed by atoms with van der Waals surface area (Å²) in [6.45, 7) is 7.75. The number of hydrogen-bond donors (Lipinski definition) is 2.